The zero-order valence-electron chi connectivity index (χ0n) is 13.9. The van der Waals surface area contributed by atoms with Crippen molar-refractivity contribution in [1.82, 2.24) is 20.0 Å². The van der Waals surface area contributed by atoms with Gasteiger partial charge in [-0.3, -0.25) is 9.48 Å². The summed E-state index contributed by atoms with van der Waals surface area (Å²) in [5.74, 6) is 0.781. The van der Waals surface area contributed by atoms with Crippen molar-refractivity contribution in [3.05, 3.63) is 11.4 Å². The van der Waals surface area contributed by atoms with Gasteiger partial charge in [-0.2, -0.15) is 5.10 Å². The van der Waals surface area contributed by atoms with Crippen molar-refractivity contribution in [2.75, 3.05) is 13.7 Å². The number of nitrogens with zero attached hydrogens (tertiary/aromatic N) is 3. The Morgan fingerprint density at radius 3 is 2.55 bits per heavy atom. The second kappa shape index (κ2) is 5.91. The molecule has 2 bridgehead atoms. The van der Waals surface area contributed by atoms with E-state index in [1.165, 1.54) is 12.8 Å². The van der Waals surface area contributed by atoms with Crippen molar-refractivity contribution in [1.29, 1.82) is 0 Å². The fourth-order valence-electron chi connectivity index (χ4n) is 3.75. The summed E-state index contributed by atoms with van der Waals surface area (Å²) in [5.41, 5.74) is 1.78. The fourth-order valence-corrected chi connectivity index (χ4v) is 3.75. The molecule has 0 saturated carbocycles. The van der Waals surface area contributed by atoms with E-state index in [0.717, 1.165) is 30.0 Å². The molecule has 1 aromatic rings. The maximum atomic E-state index is 12.4. The molecule has 2 atom stereocenters. The maximum Gasteiger partial charge on any atom is 0.260 e. The predicted octanol–water partition coefficient (Wildman–Crippen LogP) is 1.16. The van der Waals surface area contributed by atoms with E-state index in [1.807, 2.05) is 32.8 Å². The molecule has 1 aromatic heterocycles. The van der Waals surface area contributed by atoms with E-state index in [2.05, 4.69) is 10.4 Å². The van der Waals surface area contributed by atoms with E-state index >= 15 is 0 Å². The first-order valence-corrected chi connectivity index (χ1v) is 8.10. The Morgan fingerprint density at radius 2 is 2.00 bits per heavy atom. The van der Waals surface area contributed by atoms with Crippen LogP contribution in [0.5, 0.6) is 5.75 Å². The number of likely N-dealkylation sites (N-methyl/N-ethyl adjacent to an activating group) is 1. The Kier molecular flexibility index (Phi) is 4.12. The molecule has 6 nitrogen and oxygen atoms in total. The summed E-state index contributed by atoms with van der Waals surface area (Å²) in [7, 11) is 3.79. The molecule has 22 heavy (non-hydrogen) atoms. The lowest BCUT2D eigenvalue weighted by Gasteiger charge is -2.35. The highest BCUT2D eigenvalue weighted by molar-refractivity contribution is 5.78. The zero-order valence-corrected chi connectivity index (χ0v) is 13.9. The quantitative estimate of drug-likeness (QED) is 0.907. The molecule has 6 heteroatoms. The third-order valence-electron chi connectivity index (χ3n) is 5.17. The van der Waals surface area contributed by atoms with Crippen molar-refractivity contribution in [2.45, 2.75) is 57.7 Å². The number of hydrogen-bond acceptors (Lipinski definition) is 4. The van der Waals surface area contributed by atoms with Gasteiger partial charge in [0.25, 0.3) is 5.91 Å². The van der Waals surface area contributed by atoms with Crippen LogP contribution in [0.3, 0.4) is 0 Å². The molecule has 122 valence electrons. The van der Waals surface area contributed by atoms with Crippen molar-refractivity contribution in [3.63, 3.8) is 0 Å². The van der Waals surface area contributed by atoms with Gasteiger partial charge in [0, 0.05) is 32.2 Å². The van der Waals surface area contributed by atoms with Gasteiger partial charge >= 0.3 is 0 Å². The van der Waals surface area contributed by atoms with Gasteiger partial charge in [0.2, 0.25) is 0 Å². The summed E-state index contributed by atoms with van der Waals surface area (Å²) in [6.07, 6.45) is 4.61. The van der Waals surface area contributed by atoms with E-state index < -0.39 is 0 Å². The highest BCUT2D eigenvalue weighted by Gasteiger charge is 2.36. The third-order valence-corrected chi connectivity index (χ3v) is 5.17. The Morgan fingerprint density at radius 1 is 1.36 bits per heavy atom. The van der Waals surface area contributed by atoms with Crippen molar-refractivity contribution in [2.24, 2.45) is 7.05 Å². The molecular formula is C16H26N4O2. The standard InChI is InChI=1S/C16H26N4O2/c1-10-16(11(2)20(4)18-10)22-9-15(21)19(3)14-7-12-5-6-13(8-14)17-12/h12-14,17H,5-9H2,1-4H3. The first kappa shape index (κ1) is 15.3. The number of fused-ring (bicyclic) bond motifs is 2. The molecule has 2 fully saturated rings. The number of piperidine rings is 1. The van der Waals surface area contributed by atoms with Crippen LogP contribution in [0.4, 0.5) is 0 Å². The van der Waals surface area contributed by atoms with Crippen LogP contribution >= 0.6 is 0 Å². The van der Waals surface area contributed by atoms with Gasteiger partial charge in [0.05, 0.1) is 5.69 Å². The molecule has 0 radical (unpaired) electrons. The molecule has 2 aliphatic rings. The number of ether oxygens (including phenoxy) is 1. The van der Waals surface area contributed by atoms with E-state index in [0.29, 0.717) is 18.1 Å². The summed E-state index contributed by atoms with van der Waals surface area (Å²) in [6.45, 7) is 3.94. The van der Waals surface area contributed by atoms with E-state index in [-0.39, 0.29) is 12.5 Å². The largest absolute Gasteiger partial charge is 0.480 e. The molecule has 0 aromatic carbocycles. The first-order chi connectivity index (χ1) is 10.5. The summed E-state index contributed by atoms with van der Waals surface area (Å²) >= 11 is 0. The number of aryl methyl sites for hydroxylation is 2. The van der Waals surface area contributed by atoms with E-state index in [1.54, 1.807) is 4.68 Å². The summed E-state index contributed by atoms with van der Waals surface area (Å²) in [4.78, 5) is 14.3. The van der Waals surface area contributed by atoms with Crippen molar-refractivity contribution >= 4 is 5.91 Å². The van der Waals surface area contributed by atoms with Gasteiger partial charge in [-0.25, -0.2) is 0 Å². The summed E-state index contributed by atoms with van der Waals surface area (Å²) in [5, 5.41) is 7.92. The number of carbonyl (C=O) groups is 1. The average molecular weight is 306 g/mol. The van der Waals surface area contributed by atoms with Crippen LogP contribution < -0.4 is 10.1 Å². The van der Waals surface area contributed by atoms with E-state index in [4.69, 9.17) is 4.74 Å². The molecule has 2 saturated heterocycles. The van der Waals surface area contributed by atoms with Gasteiger partial charge in [-0.15, -0.1) is 0 Å². The Hall–Kier alpha value is -1.56. The summed E-state index contributed by atoms with van der Waals surface area (Å²) < 4.78 is 7.52. The maximum absolute atomic E-state index is 12.4. The predicted molar refractivity (Wildman–Crippen MR) is 83.9 cm³/mol. The molecule has 3 heterocycles. The van der Waals surface area contributed by atoms with Gasteiger partial charge in [-0.05, 0) is 39.5 Å². The number of hydrogen-bond donors (Lipinski definition) is 1. The van der Waals surface area contributed by atoms with Gasteiger partial charge in [0.1, 0.15) is 5.69 Å². The molecule has 3 rings (SSSR count). The molecule has 0 spiro atoms. The number of nitrogens with one attached hydrogen (secondary N) is 1. The number of amides is 1. The Bertz CT molecular complexity index is 557. The fraction of sp³-hybridized carbons (Fsp3) is 0.750. The van der Waals surface area contributed by atoms with Crippen LogP contribution in [-0.2, 0) is 11.8 Å². The van der Waals surface area contributed by atoms with Crippen LogP contribution in [0, 0.1) is 13.8 Å². The molecule has 1 N–H and O–H groups in total. The first-order valence-electron chi connectivity index (χ1n) is 8.10. The molecule has 1 amide bonds. The van der Waals surface area contributed by atoms with Gasteiger partial charge in [0.15, 0.2) is 12.4 Å². The molecule has 2 unspecified atom stereocenters. The van der Waals surface area contributed by atoms with Crippen LogP contribution in [0.1, 0.15) is 37.1 Å². The van der Waals surface area contributed by atoms with Crippen LogP contribution in [0.15, 0.2) is 0 Å². The normalized spacial score (nSPS) is 27.0. The Labute approximate surface area is 131 Å². The zero-order chi connectivity index (χ0) is 15.9. The number of carbonyl (C=O) groups excluding carboxylic acids is 1. The highest BCUT2D eigenvalue weighted by atomic mass is 16.5. The monoisotopic (exact) mass is 306 g/mol. The average Bonchev–Trinajstić information content (AvgIpc) is 2.95. The lowest BCUT2D eigenvalue weighted by Crippen LogP contribution is -2.49. The van der Waals surface area contributed by atoms with Gasteiger partial charge in [-0.1, -0.05) is 0 Å². The van der Waals surface area contributed by atoms with Crippen LogP contribution in [-0.4, -0.2) is 52.4 Å². The molecular weight excluding hydrogens is 280 g/mol. The minimum absolute atomic E-state index is 0.0500. The second-order valence-corrected chi connectivity index (χ2v) is 6.68. The lowest BCUT2D eigenvalue weighted by atomic mass is 9.98. The molecule has 0 aliphatic carbocycles. The van der Waals surface area contributed by atoms with Crippen LogP contribution in [0.25, 0.3) is 0 Å². The van der Waals surface area contributed by atoms with Gasteiger partial charge < -0.3 is 15.0 Å². The third kappa shape index (κ3) is 2.84. The highest BCUT2D eigenvalue weighted by Crippen LogP contribution is 2.29. The van der Waals surface area contributed by atoms with Crippen molar-refractivity contribution < 1.29 is 9.53 Å². The smallest absolute Gasteiger partial charge is 0.260 e. The summed E-state index contributed by atoms with van der Waals surface area (Å²) in [6, 6.07) is 1.51. The number of aromatic nitrogens is 2. The molecule has 2 aliphatic heterocycles. The SMILES string of the molecule is Cc1nn(C)c(C)c1OCC(=O)N(C)C1CC2CCC(C1)N2. The minimum Gasteiger partial charge on any atom is -0.480 e. The lowest BCUT2D eigenvalue weighted by molar-refractivity contribution is -0.134. The number of rotatable bonds is 4. The van der Waals surface area contributed by atoms with Crippen molar-refractivity contribution in [3.8, 4) is 5.75 Å². The minimum atomic E-state index is 0.0500. The van der Waals surface area contributed by atoms with E-state index in [9.17, 15) is 4.79 Å². The second-order valence-electron chi connectivity index (χ2n) is 6.68. The Balaban J connectivity index is 1.57. The topological polar surface area (TPSA) is 59.4 Å². The van der Waals surface area contributed by atoms with Crippen LogP contribution in [0.2, 0.25) is 0 Å².